The maximum atomic E-state index is 12.4. The van der Waals surface area contributed by atoms with E-state index in [1.54, 1.807) is 11.8 Å². The molecule has 3 aromatic heterocycles. The van der Waals surface area contributed by atoms with Gasteiger partial charge in [0, 0.05) is 19.3 Å². The van der Waals surface area contributed by atoms with E-state index in [9.17, 15) is 14.4 Å². The van der Waals surface area contributed by atoms with Crippen LogP contribution in [0.25, 0.3) is 11.2 Å². The highest BCUT2D eigenvalue weighted by Gasteiger charge is 2.17. The van der Waals surface area contributed by atoms with Crippen LogP contribution in [0.5, 0.6) is 0 Å². The molecule has 10 nitrogen and oxygen atoms in total. The summed E-state index contributed by atoms with van der Waals surface area (Å²) in [5.74, 6) is -0.360. The van der Waals surface area contributed by atoms with Gasteiger partial charge in [-0.1, -0.05) is 36.9 Å². The van der Waals surface area contributed by atoms with Crippen LogP contribution in [-0.2, 0) is 25.4 Å². The van der Waals surface area contributed by atoms with E-state index in [0.717, 1.165) is 15.3 Å². The molecule has 1 unspecified atom stereocenters. The second kappa shape index (κ2) is 7.64. The van der Waals surface area contributed by atoms with Crippen LogP contribution in [0.2, 0.25) is 0 Å². The third kappa shape index (κ3) is 3.81. The number of hydrogen-bond donors (Lipinski definition) is 1. The molecule has 1 atom stereocenters. The summed E-state index contributed by atoms with van der Waals surface area (Å²) in [6.45, 7) is 4.07. The van der Waals surface area contributed by atoms with Crippen molar-refractivity contribution in [1.29, 1.82) is 0 Å². The van der Waals surface area contributed by atoms with Crippen molar-refractivity contribution in [2.24, 2.45) is 14.1 Å². The minimum absolute atomic E-state index is 0.128. The standard InChI is InChI=1S/C15H19N7O3S2/c1-5-8(2)26-14-19-18-13(27-14)17-9(23)6-22-7-16-11-10(22)12(24)21(4)15(25)20(11)3/h7-8H,5-6H2,1-4H3,(H,17,18,23). The van der Waals surface area contributed by atoms with Gasteiger partial charge in [-0.3, -0.25) is 24.0 Å². The van der Waals surface area contributed by atoms with Crippen molar-refractivity contribution in [2.45, 2.75) is 36.4 Å². The van der Waals surface area contributed by atoms with Gasteiger partial charge < -0.3 is 4.57 Å². The van der Waals surface area contributed by atoms with Crippen LogP contribution in [-0.4, -0.2) is 40.0 Å². The smallest absolute Gasteiger partial charge is 0.315 e. The molecular formula is C15H19N7O3S2. The Morgan fingerprint density at radius 1 is 1.30 bits per heavy atom. The molecular weight excluding hydrogens is 390 g/mol. The third-order valence-electron chi connectivity index (χ3n) is 4.06. The molecule has 144 valence electrons. The zero-order valence-corrected chi connectivity index (χ0v) is 16.9. The summed E-state index contributed by atoms with van der Waals surface area (Å²) in [6.07, 6.45) is 2.38. The van der Waals surface area contributed by atoms with Crippen LogP contribution in [0.4, 0.5) is 5.13 Å². The number of thioether (sulfide) groups is 1. The minimum atomic E-state index is -0.499. The first-order valence-electron chi connectivity index (χ1n) is 8.22. The Labute approximate surface area is 162 Å². The summed E-state index contributed by atoms with van der Waals surface area (Å²) in [5, 5.41) is 11.5. The Hall–Kier alpha value is -2.47. The zero-order chi connectivity index (χ0) is 19.7. The molecule has 27 heavy (non-hydrogen) atoms. The summed E-state index contributed by atoms with van der Waals surface area (Å²) >= 11 is 2.91. The molecule has 0 fully saturated rings. The molecule has 12 heteroatoms. The number of anilines is 1. The molecule has 0 radical (unpaired) electrons. The predicted octanol–water partition coefficient (Wildman–Crippen LogP) is 0.814. The zero-order valence-electron chi connectivity index (χ0n) is 15.3. The number of aromatic nitrogens is 6. The maximum absolute atomic E-state index is 12.4. The number of fused-ring (bicyclic) bond motifs is 1. The van der Waals surface area contributed by atoms with Crippen molar-refractivity contribution in [3.63, 3.8) is 0 Å². The summed E-state index contributed by atoms with van der Waals surface area (Å²) in [4.78, 5) is 40.8. The molecule has 0 saturated carbocycles. The molecule has 0 aromatic carbocycles. The van der Waals surface area contributed by atoms with Crippen molar-refractivity contribution >= 4 is 45.3 Å². The first-order valence-corrected chi connectivity index (χ1v) is 9.92. The van der Waals surface area contributed by atoms with Crippen LogP contribution in [0.3, 0.4) is 0 Å². The molecule has 3 rings (SSSR count). The Balaban J connectivity index is 1.79. The fourth-order valence-electron chi connectivity index (χ4n) is 2.39. The molecule has 1 amide bonds. The average molecular weight is 409 g/mol. The molecule has 3 aromatic rings. The fraction of sp³-hybridized carbons (Fsp3) is 0.467. The van der Waals surface area contributed by atoms with Crippen LogP contribution in [0.1, 0.15) is 20.3 Å². The van der Waals surface area contributed by atoms with Crippen molar-refractivity contribution in [1.82, 2.24) is 28.9 Å². The molecule has 0 spiro atoms. The lowest BCUT2D eigenvalue weighted by Crippen LogP contribution is -2.37. The molecule has 0 saturated heterocycles. The Morgan fingerprint density at radius 2 is 2.04 bits per heavy atom. The predicted molar refractivity (Wildman–Crippen MR) is 104 cm³/mol. The number of nitrogens with one attached hydrogen (secondary N) is 1. The van der Waals surface area contributed by atoms with Gasteiger partial charge in [-0.25, -0.2) is 9.78 Å². The van der Waals surface area contributed by atoms with E-state index in [1.807, 2.05) is 0 Å². The number of carbonyl (C=O) groups excluding carboxylic acids is 1. The highest BCUT2D eigenvalue weighted by Crippen LogP contribution is 2.29. The number of nitrogens with zero attached hydrogens (tertiary/aromatic N) is 6. The van der Waals surface area contributed by atoms with Crippen LogP contribution < -0.4 is 16.6 Å². The number of aryl methyl sites for hydroxylation is 1. The largest absolute Gasteiger partial charge is 0.332 e. The lowest BCUT2D eigenvalue weighted by molar-refractivity contribution is -0.116. The van der Waals surface area contributed by atoms with E-state index in [4.69, 9.17) is 0 Å². The van der Waals surface area contributed by atoms with E-state index in [1.165, 1.54) is 40.9 Å². The van der Waals surface area contributed by atoms with E-state index in [0.29, 0.717) is 10.4 Å². The van der Waals surface area contributed by atoms with Crippen LogP contribution >= 0.6 is 23.1 Å². The molecule has 0 aliphatic heterocycles. The molecule has 0 aliphatic carbocycles. The molecule has 0 bridgehead atoms. The number of carbonyl (C=O) groups is 1. The van der Waals surface area contributed by atoms with Gasteiger partial charge in [0.25, 0.3) is 5.56 Å². The summed E-state index contributed by atoms with van der Waals surface area (Å²) < 4.78 is 4.47. The third-order valence-corrected chi connectivity index (χ3v) is 6.25. The SMILES string of the molecule is CCC(C)Sc1nnc(NC(=O)Cn2cnc3c2c(=O)n(C)c(=O)n3C)s1. The van der Waals surface area contributed by atoms with Gasteiger partial charge in [0.05, 0.1) is 6.33 Å². The first-order chi connectivity index (χ1) is 12.8. The summed E-state index contributed by atoms with van der Waals surface area (Å²) in [7, 11) is 2.92. The maximum Gasteiger partial charge on any atom is 0.332 e. The number of rotatable bonds is 6. The molecule has 3 heterocycles. The number of amides is 1. The van der Waals surface area contributed by atoms with Gasteiger partial charge >= 0.3 is 5.69 Å². The van der Waals surface area contributed by atoms with Gasteiger partial charge in [-0.05, 0) is 6.42 Å². The summed E-state index contributed by atoms with van der Waals surface area (Å²) in [5.41, 5.74) is -0.539. The Kier molecular flexibility index (Phi) is 5.46. The van der Waals surface area contributed by atoms with Crippen molar-refractivity contribution in [3.05, 3.63) is 27.2 Å². The van der Waals surface area contributed by atoms with E-state index < -0.39 is 11.2 Å². The highest BCUT2D eigenvalue weighted by molar-refractivity contribution is 8.01. The first kappa shape index (κ1) is 19.3. The Morgan fingerprint density at radius 3 is 2.74 bits per heavy atom. The van der Waals surface area contributed by atoms with Gasteiger partial charge in [-0.15, -0.1) is 10.2 Å². The van der Waals surface area contributed by atoms with E-state index in [-0.39, 0.29) is 23.6 Å². The highest BCUT2D eigenvalue weighted by atomic mass is 32.2. The quantitative estimate of drug-likeness (QED) is 0.473. The van der Waals surface area contributed by atoms with Gasteiger partial charge in [0.1, 0.15) is 6.54 Å². The lowest BCUT2D eigenvalue weighted by Gasteiger charge is -2.06. The lowest BCUT2D eigenvalue weighted by atomic mass is 10.4. The topological polar surface area (TPSA) is 117 Å². The second-order valence-electron chi connectivity index (χ2n) is 6.01. The van der Waals surface area contributed by atoms with Crippen molar-refractivity contribution in [3.8, 4) is 0 Å². The number of imidazole rings is 1. The van der Waals surface area contributed by atoms with Gasteiger partial charge in [0.15, 0.2) is 15.5 Å². The summed E-state index contributed by atoms with van der Waals surface area (Å²) in [6, 6.07) is 0. The van der Waals surface area contributed by atoms with Gasteiger partial charge in [-0.2, -0.15) is 0 Å². The van der Waals surface area contributed by atoms with Crippen LogP contribution in [0, 0.1) is 0 Å². The minimum Gasteiger partial charge on any atom is -0.315 e. The normalized spacial score (nSPS) is 12.4. The van der Waals surface area contributed by atoms with Crippen molar-refractivity contribution < 1.29 is 4.79 Å². The molecule has 1 N–H and O–H groups in total. The van der Waals surface area contributed by atoms with Gasteiger partial charge in [0.2, 0.25) is 11.0 Å². The average Bonchev–Trinajstić information content (AvgIpc) is 3.25. The van der Waals surface area contributed by atoms with Crippen LogP contribution in [0.15, 0.2) is 20.3 Å². The van der Waals surface area contributed by atoms with E-state index in [2.05, 4.69) is 34.3 Å². The Bertz CT molecular complexity index is 1110. The van der Waals surface area contributed by atoms with E-state index >= 15 is 0 Å². The van der Waals surface area contributed by atoms with Crippen molar-refractivity contribution in [2.75, 3.05) is 5.32 Å². The number of hydrogen-bond acceptors (Lipinski definition) is 8. The molecule has 0 aliphatic rings. The second-order valence-corrected chi connectivity index (χ2v) is 8.67. The fourth-order valence-corrected chi connectivity index (χ4v) is 4.41. The monoisotopic (exact) mass is 409 g/mol.